The van der Waals surface area contributed by atoms with Crippen molar-refractivity contribution >= 4 is 40.5 Å². The quantitative estimate of drug-likeness (QED) is 0.0924. The molecule has 0 bridgehead atoms. The summed E-state index contributed by atoms with van der Waals surface area (Å²) < 4.78 is 31.1. The normalized spacial score (nSPS) is 12.4. The van der Waals surface area contributed by atoms with Gasteiger partial charge in [-0.2, -0.15) is 4.48 Å². The van der Waals surface area contributed by atoms with Crippen LogP contribution in [-0.4, -0.2) is 32.2 Å². The Morgan fingerprint density at radius 3 is 2.42 bits per heavy atom. The molecule has 0 radical (unpaired) electrons. The number of rotatable bonds is 11. The number of amides is 2. The number of hydrogen-bond acceptors (Lipinski definition) is 6. The average molecular weight is 541 g/mol. The van der Waals surface area contributed by atoms with Gasteiger partial charge >= 0.3 is 12.3 Å². The maximum absolute atomic E-state index is 13.7. The number of fused-ring (bicyclic) bond motifs is 1. The minimum absolute atomic E-state index is 0.119. The van der Waals surface area contributed by atoms with Crippen LogP contribution in [0.25, 0.3) is 11.0 Å². The Hall–Kier alpha value is -5.15. The second kappa shape index (κ2) is 11.7. The number of carbonyl (C=O) groups excluding carboxylic acids is 2. The highest BCUT2D eigenvalue weighted by Crippen LogP contribution is 2.30. The number of nitrogen functional groups attached to an aromatic ring is 1. The van der Waals surface area contributed by atoms with Crippen molar-refractivity contribution in [2.45, 2.75) is 0 Å². The van der Waals surface area contributed by atoms with E-state index in [1.807, 2.05) is 24.3 Å². The van der Waals surface area contributed by atoms with Crippen molar-refractivity contribution in [2.75, 3.05) is 30.9 Å². The predicted molar refractivity (Wildman–Crippen MR) is 152 cm³/mol. The second-order valence-electron chi connectivity index (χ2n) is 9.13. The number of quaternary nitrogens is 1. The van der Waals surface area contributed by atoms with Crippen LogP contribution in [0.1, 0.15) is 10.4 Å². The summed E-state index contributed by atoms with van der Waals surface area (Å²) in [7, 11) is 0. The fourth-order valence-electron chi connectivity index (χ4n) is 4.14. The molecule has 8 nitrogen and oxygen atoms in total. The van der Waals surface area contributed by atoms with E-state index in [0.717, 1.165) is 11.8 Å². The molecule has 40 heavy (non-hydrogen) atoms. The summed E-state index contributed by atoms with van der Waals surface area (Å²) in [5, 5.41) is 3.62. The molecule has 0 saturated heterocycles. The first-order chi connectivity index (χ1) is 19.5. The fourth-order valence-corrected chi connectivity index (χ4v) is 4.14. The van der Waals surface area contributed by atoms with Gasteiger partial charge in [0.15, 0.2) is 0 Å². The van der Waals surface area contributed by atoms with Crippen molar-refractivity contribution in [3.8, 4) is 11.5 Å². The van der Waals surface area contributed by atoms with Crippen LogP contribution in [-0.2, 0) is 4.79 Å². The van der Waals surface area contributed by atoms with Crippen molar-refractivity contribution in [1.82, 2.24) is 4.48 Å². The van der Waals surface area contributed by atoms with Crippen LogP contribution >= 0.6 is 0 Å². The van der Waals surface area contributed by atoms with Crippen LogP contribution in [0.15, 0.2) is 108 Å². The molecule has 1 unspecified atom stereocenters. The number of benzene rings is 4. The molecule has 202 valence electrons. The smallest absolute Gasteiger partial charge is 0.312 e. The summed E-state index contributed by atoms with van der Waals surface area (Å²) in [5.74, 6) is 0.407. The molecule has 3 N–H and O–H groups in total. The molecule has 0 aliphatic rings. The molecular weight excluding hydrogens is 513 g/mol. The van der Waals surface area contributed by atoms with Gasteiger partial charge in [0.1, 0.15) is 36.1 Å². The van der Waals surface area contributed by atoms with Crippen LogP contribution in [0, 0.1) is 5.82 Å². The zero-order valence-corrected chi connectivity index (χ0v) is 21.5. The number of carbonyl (C=O) groups is 2. The summed E-state index contributed by atoms with van der Waals surface area (Å²) >= 11 is 0. The molecule has 5 rings (SSSR count). The maximum Gasteiger partial charge on any atom is 0.312 e. The lowest BCUT2D eigenvalue weighted by Crippen LogP contribution is -2.53. The van der Waals surface area contributed by atoms with Gasteiger partial charge in [-0.1, -0.05) is 36.4 Å². The summed E-state index contributed by atoms with van der Waals surface area (Å²) in [6, 6.07) is 28.5. The number of nitrogens with two attached hydrogens (primary N) is 1. The van der Waals surface area contributed by atoms with Crippen LogP contribution in [0.4, 0.5) is 21.6 Å². The highest BCUT2D eigenvalue weighted by Gasteiger charge is 2.36. The van der Waals surface area contributed by atoms with Gasteiger partial charge in [-0.05, 0) is 54.6 Å². The molecule has 1 aromatic heterocycles. The topological polar surface area (TPSA) is 104 Å². The Morgan fingerprint density at radius 2 is 1.68 bits per heavy atom. The third kappa shape index (κ3) is 5.95. The van der Waals surface area contributed by atoms with Crippen LogP contribution in [0.5, 0.6) is 11.5 Å². The van der Waals surface area contributed by atoms with E-state index < -0.39 is 5.82 Å². The Labute approximate surface area is 229 Å². The number of para-hydroxylation sites is 3. The average Bonchev–Trinajstić information content (AvgIpc) is 3.41. The third-order valence-electron chi connectivity index (χ3n) is 6.40. The molecule has 4 aromatic carbocycles. The van der Waals surface area contributed by atoms with Crippen molar-refractivity contribution in [1.29, 1.82) is 0 Å². The van der Waals surface area contributed by atoms with E-state index in [9.17, 15) is 14.0 Å². The van der Waals surface area contributed by atoms with Gasteiger partial charge in [0.05, 0.1) is 17.4 Å². The fraction of sp³-hybridized carbons (Fsp3) is 0.0968. The van der Waals surface area contributed by atoms with Crippen LogP contribution < -0.4 is 25.0 Å². The van der Waals surface area contributed by atoms with E-state index in [4.69, 9.17) is 19.6 Å². The van der Waals surface area contributed by atoms with Crippen molar-refractivity contribution < 1.29 is 27.9 Å². The maximum atomic E-state index is 13.7. The van der Waals surface area contributed by atoms with Crippen molar-refractivity contribution in [3.05, 3.63) is 115 Å². The van der Waals surface area contributed by atoms with Crippen molar-refractivity contribution in [3.63, 3.8) is 0 Å². The molecule has 5 aromatic rings. The third-order valence-corrected chi connectivity index (χ3v) is 6.40. The van der Waals surface area contributed by atoms with Gasteiger partial charge in [0.2, 0.25) is 6.73 Å². The Morgan fingerprint density at radius 1 is 0.900 bits per heavy atom. The molecule has 0 saturated carbocycles. The number of anilines is 2. The Kier molecular flexibility index (Phi) is 7.75. The molecule has 1 heterocycles. The van der Waals surface area contributed by atoms with Gasteiger partial charge in [-0.25, -0.2) is 9.18 Å². The minimum atomic E-state index is -0.446. The first-order valence-electron chi connectivity index (χ1n) is 12.6. The van der Waals surface area contributed by atoms with Crippen LogP contribution in [0.2, 0.25) is 0 Å². The molecule has 9 heteroatoms. The minimum Gasteiger partial charge on any atom is -0.488 e. The number of ether oxygens (including phenoxy) is 2. The van der Waals surface area contributed by atoms with E-state index in [0.29, 0.717) is 34.2 Å². The lowest BCUT2D eigenvalue weighted by molar-refractivity contribution is -0.121. The van der Waals surface area contributed by atoms with E-state index in [1.165, 1.54) is 18.2 Å². The summed E-state index contributed by atoms with van der Waals surface area (Å²) in [6.07, 6.45) is 0.725. The molecule has 0 aliphatic carbocycles. The van der Waals surface area contributed by atoms with Crippen molar-refractivity contribution in [2.24, 2.45) is 0 Å². The first-order valence-corrected chi connectivity index (χ1v) is 12.6. The number of nitrogens with one attached hydrogen (secondary N) is 1. The second-order valence-corrected chi connectivity index (χ2v) is 9.13. The largest absolute Gasteiger partial charge is 0.488 e. The number of furan rings is 1. The zero-order chi connectivity index (χ0) is 28.0. The molecular formula is C31H27FN3O5+. The molecule has 0 aliphatic heterocycles. The van der Waals surface area contributed by atoms with E-state index in [1.54, 1.807) is 60.7 Å². The van der Waals surface area contributed by atoms with Gasteiger partial charge in [-0.15, -0.1) is 0 Å². The lowest BCUT2D eigenvalue weighted by atomic mass is 10.2. The Balaban J connectivity index is 1.29. The summed E-state index contributed by atoms with van der Waals surface area (Å²) in [5.41, 5.74) is 7.96. The van der Waals surface area contributed by atoms with Gasteiger partial charge in [-0.3, -0.25) is 4.79 Å². The van der Waals surface area contributed by atoms with E-state index in [-0.39, 0.29) is 36.0 Å². The number of hydrogen-bond donors (Lipinski definition) is 2. The zero-order valence-electron chi connectivity index (χ0n) is 21.5. The highest BCUT2D eigenvalue weighted by atomic mass is 19.1. The van der Waals surface area contributed by atoms with E-state index in [2.05, 4.69) is 5.32 Å². The molecule has 0 fully saturated rings. The predicted octanol–water partition coefficient (Wildman–Crippen LogP) is 5.99. The van der Waals surface area contributed by atoms with Crippen LogP contribution in [0.3, 0.4) is 0 Å². The molecule has 1 atom stereocenters. The highest BCUT2D eigenvalue weighted by molar-refractivity contribution is 6.05. The monoisotopic (exact) mass is 540 g/mol. The molecule has 0 spiro atoms. The van der Waals surface area contributed by atoms with Gasteiger partial charge in [0.25, 0.3) is 5.91 Å². The van der Waals surface area contributed by atoms with Gasteiger partial charge in [0, 0.05) is 17.0 Å². The standard InChI is InChI=1S/C31H26FN3O5/c32-24-7-5-8-26(19-24)39-21-35(20-36,30-18-23-6-1-4-11-29(23)40-30)16-17-38-25-14-12-22(13-15-25)31(37)34-28-10-3-2-9-27(28)33/h1-15,18-20H,16-17,21,33H2/p+1. The first kappa shape index (κ1) is 26.5. The lowest BCUT2D eigenvalue weighted by Gasteiger charge is -2.28. The SMILES string of the molecule is Nc1ccccc1NC(=O)c1ccc(OCC[N+](C=O)(COc2cccc(F)c2)c2cc3ccccc3o2)cc1. The Bertz CT molecular complexity index is 1600. The molecule has 2 amide bonds. The number of nitrogens with zero attached hydrogens (tertiary/aromatic N) is 1. The number of halogens is 1. The summed E-state index contributed by atoms with van der Waals surface area (Å²) in [6.45, 7) is 0.139. The van der Waals surface area contributed by atoms with E-state index >= 15 is 0 Å². The van der Waals surface area contributed by atoms with Gasteiger partial charge < -0.3 is 24.9 Å². The summed E-state index contributed by atoms with van der Waals surface area (Å²) in [4.78, 5) is 25.2.